The maximum Gasteiger partial charge on any atom is 0.132 e. The molecule has 4 heteroatoms. The van der Waals surface area contributed by atoms with Crippen molar-refractivity contribution in [3.8, 4) is 11.4 Å². The van der Waals surface area contributed by atoms with Crippen LogP contribution in [0.3, 0.4) is 0 Å². The Bertz CT molecular complexity index is 512. The van der Waals surface area contributed by atoms with Crippen molar-refractivity contribution in [1.29, 1.82) is 0 Å². The first-order valence-corrected chi connectivity index (χ1v) is 5.97. The lowest BCUT2D eigenvalue weighted by Gasteiger charge is -2.31. The SMILES string of the molecule is Cc1cc(-c2ccc[nH]2)nc(C2CC(N)C2)n1. The Morgan fingerprint density at radius 2 is 2.18 bits per heavy atom. The van der Waals surface area contributed by atoms with Crippen molar-refractivity contribution in [2.24, 2.45) is 5.73 Å². The van der Waals surface area contributed by atoms with Crippen LogP contribution in [0.15, 0.2) is 24.4 Å². The lowest BCUT2D eigenvalue weighted by molar-refractivity contribution is 0.338. The van der Waals surface area contributed by atoms with Crippen molar-refractivity contribution in [2.75, 3.05) is 0 Å². The van der Waals surface area contributed by atoms with Crippen molar-refractivity contribution in [1.82, 2.24) is 15.0 Å². The van der Waals surface area contributed by atoms with Crippen molar-refractivity contribution in [3.05, 3.63) is 35.9 Å². The third-order valence-electron chi connectivity index (χ3n) is 3.29. The van der Waals surface area contributed by atoms with Crippen molar-refractivity contribution in [2.45, 2.75) is 31.7 Å². The summed E-state index contributed by atoms with van der Waals surface area (Å²) in [6.07, 6.45) is 3.92. The molecule has 2 heterocycles. The van der Waals surface area contributed by atoms with Gasteiger partial charge in [-0.2, -0.15) is 0 Å². The first kappa shape index (κ1) is 10.5. The zero-order chi connectivity index (χ0) is 11.8. The van der Waals surface area contributed by atoms with Gasteiger partial charge >= 0.3 is 0 Å². The first-order valence-electron chi connectivity index (χ1n) is 5.97. The average Bonchev–Trinajstić information content (AvgIpc) is 2.77. The van der Waals surface area contributed by atoms with Gasteiger partial charge in [0, 0.05) is 23.9 Å². The van der Waals surface area contributed by atoms with Gasteiger partial charge in [-0.1, -0.05) is 0 Å². The molecule has 1 aliphatic carbocycles. The second-order valence-electron chi connectivity index (χ2n) is 4.76. The van der Waals surface area contributed by atoms with Gasteiger partial charge in [0.1, 0.15) is 5.82 Å². The summed E-state index contributed by atoms with van der Waals surface area (Å²) in [5, 5.41) is 0. The molecule has 4 nitrogen and oxygen atoms in total. The molecule has 1 aliphatic rings. The Morgan fingerprint density at radius 3 is 2.82 bits per heavy atom. The molecule has 0 bridgehead atoms. The summed E-state index contributed by atoms with van der Waals surface area (Å²) < 4.78 is 0. The van der Waals surface area contributed by atoms with Gasteiger partial charge in [-0.25, -0.2) is 9.97 Å². The minimum Gasteiger partial charge on any atom is -0.360 e. The molecule has 0 radical (unpaired) electrons. The number of aromatic nitrogens is 3. The zero-order valence-corrected chi connectivity index (χ0v) is 9.85. The molecule has 1 saturated carbocycles. The van der Waals surface area contributed by atoms with Crippen LogP contribution < -0.4 is 5.73 Å². The predicted molar refractivity (Wildman–Crippen MR) is 66.5 cm³/mol. The molecular formula is C13H16N4. The van der Waals surface area contributed by atoms with Crippen molar-refractivity contribution in [3.63, 3.8) is 0 Å². The minimum atomic E-state index is 0.332. The van der Waals surface area contributed by atoms with Crippen LogP contribution in [0.2, 0.25) is 0 Å². The molecule has 3 N–H and O–H groups in total. The van der Waals surface area contributed by atoms with Crippen LogP contribution in [-0.4, -0.2) is 21.0 Å². The fourth-order valence-corrected chi connectivity index (χ4v) is 2.27. The van der Waals surface area contributed by atoms with E-state index in [2.05, 4.69) is 15.0 Å². The van der Waals surface area contributed by atoms with Gasteiger partial charge < -0.3 is 10.7 Å². The summed E-state index contributed by atoms with van der Waals surface area (Å²) in [5.41, 5.74) is 8.84. The Kier molecular flexibility index (Phi) is 2.44. The van der Waals surface area contributed by atoms with E-state index in [0.29, 0.717) is 12.0 Å². The molecule has 88 valence electrons. The normalized spacial score (nSPS) is 23.4. The number of rotatable bonds is 2. The maximum absolute atomic E-state index is 5.82. The molecule has 1 fully saturated rings. The molecule has 0 unspecified atom stereocenters. The number of nitrogens with two attached hydrogens (primary N) is 1. The van der Waals surface area contributed by atoms with Gasteiger partial charge in [-0.15, -0.1) is 0 Å². The summed E-state index contributed by atoms with van der Waals surface area (Å²) in [7, 11) is 0. The quantitative estimate of drug-likeness (QED) is 0.826. The summed E-state index contributed by atoms with van der Waals surface area (Å²) >= 11 is 0. The molecule has 3 rings (SSSR count). The Balaban J connectivity index is 1.95. The number of nitrogens with one attached hydrogen (secondary N) is 1. The predicted octanol–water partition coefficient (Wildman–Crippen LogP) is 1.98. The van der Waals surface area contributed by atoms with Gasteiger partial charge in [0.2, 0.25) is 0 Å². The van der Waals surface area contributed by atoms with E-state index < -0.39 is 0 Å². The second-order valence-corrected chi connectivity index (χ2v) is 4.76. The summed E-state index contributed by atoms with van der Waals surface area (Å²) in [6, 6.07) is 6.34. The van der Waals surface area contributed by atoms with Gasteiger partial charge in [-0.05, 0) is 38.0 Å². The number of hydrogen-bond acceptors (Lipinski definition) is 3. The summed E-state index contributed by atoms with van der Waals surface area (Å²) in [4.78, 5) is 12.3. The number of H-pyrrole nitrogens is 1. The van der Waals surface area contributed by atoms with Crippen molar-refractivity contribution >= 4 is 0 Å². The van der Waals surface area contributed by atoms with Crippen LogP contribution in [0.5, 0.6) is 0 Å². The van der Waals surface area contributed by atoms with E-state index >= 15 is 0 Å². The van der Waals surface area contributed by atoms with Crippen LogP contribution in [0.4, 0.5) is 0 Å². The van der Waals surface area contributed by atoms with Gasteiger partial charge in [0.15, 0.2) is 0 Å². The third kappa shape index (κ3) is 1.96. The Labute approximate surface area is 100 Å². The number of hydrogen-bond donors (Lipinski definition) is 2. The summed E-state index contributed by atoms with van der Waals surface area (Å²) in [5.74, 6) is 1.38. The Hall–Kier alpha value is -1.68. The van der Waals surface area contributed by atoms with Gasteiger partial charge in [-0.3, -0.25) is 0 Å². The second kappa shape index (κ2) is 3.96. The number of aromatic amines is 1. The standard InChI is InChI=1S/C13H16N4/c1-8-5-12(11-3-2-4-15-11)17-13(16-8)9-6-10(14)7-9/h2-5,9-10,15H,6-7,14H2,1H3. The summed E-state index contributed by atoms with van der Waals surface area (Å²) in [6.45, 7) is 2.01. The molecule has 0 amide bonds. The lowest BCUT2D eigenvalue weighted by atomic mass is 9.80. The first-order chi connectivity index (χ1) is 8.22. The maximum atomic E-state index is 5.82. The molecule has 17 heavy (non-hydrogen) atoms. The van der Waals surface area contributed by atoms with Crippen LogP contribution in [-0.2, 0) is 0 Å². The monoisotopic (exact) mass is 228 g/mol. The Morgan fingerprint density at radius 1 is 1.35 bits per heavy atom. The molecule has 2 aromatic rings. The minimum absolute atomic E-state index is 0.332. The average molecular weight is 228 g/mol. The van der Waals surface area contributed by atoms with E-state index in [9.17, 15) is 0 Å². The molecule has 0 spiro atoms. The lowest BCUT2D eigenvalue weighted by Crippen LogP contribution is -2.35. The smallest absolute Gasteiger partial charge is 0.132 e. The van der Waals surface area contributed by atoms with Crippen molar-refractivity contribution < 1.29 is 0 Å². The van der Waals surface area contributed by atoms with Crippen LogP contribution in [0.25, 0.3) is 11.4 Å². The number of aryl methyl sites for hydroxylation is 1. The van der Waals surface area contributed by atoms with Gasteiger partial charge in [0.05, 0.1) is 11.4 Å². The molecule has 0 aliphatic heterocycles. The molecule has 0 aromatic carbocycles. The molecule has 0 saturated heterocycles. The van der Waals surface area contributed by atoms with E-state index in [4.69, 9.17) is 5.73 Å². The third-order valence-corrected chi connectivity index (χ3v) is 3.29. The van der Waals surface area contributed by atoms with E-state index in [1.165, 1.54) is 0 Å². The molecule has 2 aromatic heterocycles. The van der Waals surface area contributed by atoms with Crippen LogP contribution in [0.1, 0.15) is 30.3 Å². The largest absolute Gasteiger partial charge is 0.360 e. The van der Waals surface area contributed by atoms with Gasteiger partial charge in [0.25, 0.3) is 0 Å². The molecule has 0 atom stereocenters. The van der Waals surface area contributed by atoms with E-state index in [1.807, 2.05) is 31.3 Å². The molecular weight excluding hydrogens is 212 g/mol. The van der Waals surface area contributed by atoms with Crippen LogP contribution in [0, 0.1) is 6.92 Å². The van der Waals surface area contributed by atoms with E-state index in [0.717, 1.165) is 35.7 Å². The topological polar surface area (TPSA) is 67.6 Å². The highest BCUT2D eigenvalue weighted by Crippen LogP contribution is 2.34. The number of nitrogens with zero attached hydrogens (tertiary/aromatic N) is 2. The zero-order valence-electron chi connectivity index (χ0n) is 9.85. The van der Waals surface area contributed by atoms with E-state index in [1.54, 1.807) is 0 Å². The highest BCUT2D eigenvalue weighted by atomic mass is 14.9. The fraction of sp³-hybridized carbons (Fsp3) is 0.385. The van der Waals surface area contributed by atoms with E-state index in [-0.39, 0.29) is 0 Å². The van der Waals surface area contributed by atoms with Crippen LogP contribution >= 0.6 is 0 Å². The highest BCUT2D eigenvalue weighted by molar-refractivity contribution is 5.54. The highest BCUT2D eigenvalue weighted by Gasteiger charge is 2.29. The fourth-order valence-electron chi connectivity index (χ4n) is 2.27.